The molecule has 2 amide bonds. The summed E-state index contributed by atoms with van der Waals surface area (Å²) in [6.07, 6.45) is 0. The first kappa shape index (κ1) is 23.4. The van der Waals surface area contributed by atoms with E-state index in [1.54, 1.807) is 54.6 Å². The minimum Gasteiger partial charge on any atom is -0.494 e. The van der Waals surface area contributed by atoms with Crippen molar-refractivity contribution in [2.75, 3.05) is 16.8 Å². The van der Waals surface area contributed by atoms with Crippen LogP contribution in [0.2, 0.25) is 5.02 Å². The number of anilines is 2. The van der Waals surface area contributed by atoms with E-state index in [0.29, 0.717) is 34.5 Å². The number of ether oxygens (including phenoxy) is 2. The third kappa shape index (κ3) is 4.90. The Balaban J connectivity index is 1.46. The lowest BCUT2D eigenvalue weighted by molar-refractivity contribution is -0.120. The zero-order valence-electron chi connectivity index (χ0n) is 17.9. The number of nitrogens with one attached hydrogen (secondary N) is 1. The molecule has 0 radical (unpaired) electrons. The van der Waals surface area contributed by atoms with Crippen LogP contribution in [0.4, 0.5) is 11.4 Å². The van der Waals surface area contributed by atoms with Crippen molar-refractivity contribution in [2.45, 2.75) is 6.92 Å². The first-order chi connectivity index (χ1) is 16.4. The van der Waals surface area contributed by atoms with E-state index < -0.39 is 17.8 Å². The molecule has 4 rings (SSSR count). The summed E-state index contributed by atoms with van der Waals surface area (Å²) >= 11 is 12.1. The van der Waals surface area contributed by atoms with Gasteiger partial charge in [0, 0.05) is 10.7 Å². The minimum absolute atomic E-state index is 0.0604. The molecule has 1 aliphatic rings. The van der Waals surface area contributed by atoms with E-state index in [4.69, 9.17) is 32.7 Å². The number of esters is 1. The van der Waals surface area contributed by atoms with E-state index in [-0.39, 0.29) is 16.3 Å². The van der Waals surface area contributed by atoms with Gasteiger partial charge in [-0.1, -0.05) is 29.3 Å². The van der Waals surface area contributed by atoms with Crippen molar-refractivity contribution in [3.05, 3.63) is 94.1 Å². The highest BCUT2D eigenvalue weighted by Crippen LogP contribution is 2.31. The van der Waals surface area contributed by atoms with Crippen LogP contribution < -0.4 is 19.7 Å². The predicted octanol–water partition coefficient (Wildman–Crippen LogP) is 5.39. The molecule has 0 bridgehead atoms. The Labute approximate surface area is 205 Å². The molecule has 1 heterocycles. The highest BCUT2D eigenvalue weighted by molar-refractivity contribution is 6.53. The van der Waals surface area contributed by atoms with Gasteiger partial charge in [0.15, 0.2) is 0 Å². The minimum atomic E-state index is -0.639. The fourth-order valence-corrected chi connectivity index (χ4v) is 3.63. The molecule has 1 aliphatic heterocycles. The largest absolute Gasteiger partial charge is 0.494 e. The number of hydrogen-bond acceptors (Lipinski definition) is 6. The molecule has 172 valence electrons. The van der Waals surface area contributed by atoms with Crippen LogP contribution in [0.3, 0.4) is 0 Å². The summed E-state index contributed by atoms with van der Waals surface area (Å²) in [5, 5.41) is 3.08. The Bertz CT molecular complexity index is 1290. The predicted molar refractivity (Wildman–Crippen MR) is 129 cm³/mol. The van der Waals surface area contributed by atoms with Gasteiger partial charge in [-0.05, 0) is 73.7 Å². The van der Waals surface area contributed by atoms with Crippen LogP contribution in [0.25, 0.3) is 0 Å². The second-order valence-electron chi connectivity index (χ2n) is 7.11. The number of nitrogens with zero attached hydrogens (tertiary/aromatic N) is 1. The summed E-state index contributed by atoms with van der Waals surface area (Å²) in [6.45, 7) is 2.36. The van der Waals surface area contributed by atoms with Gasteiger partial charge < -0.3 is 14.8 Å². The molecule has 0 saturated carbocycles. The highest BCUT2D eigenvalue weighted by Gasteiger charge is 2.39. The average Bonchev–Trinajstić information content (AvgIpc) is 3.03. The maximum Gasteiger partial charge on any atom is 0.343 e. The standard InChI is InChI=1S/C25H18Cl2N2O5/c1-2-33-19-12-10-18(11-13-19)29-23(30)21(27)22(24(29)31)28-17-8-6-15(7-9-17)25(32)34-20-5-3-4-16(26)14-20/h3-14,28H,2H2,1H3. The van der Waals surface area contributed by atoms with E-state index in [1.807, 2.05) is 6.92 Å². The quantitative estimate of drug-likeness (QED) is 0.268. The molecule has 0 atom stereocenters. The molecule has 0 fully saturated rings. The maximum atomic E-state index is 12.9. The summed E-state index contributed by atoms with van der Waals surface area (Å²) in [4.78, 5) is 38.9. The summed E-state index contributed by atoms with van der Waals surface area (Å²) in [7, 11) is 0. The van der Waals surface area contributed by atoms with Crippen LogP contribution in [0.5, 0.6) is 11.5 Å². The molecular weight excluding hydrogens is 479 g/mol. The van der Waals surface area contributed by atoms with Gasteiger partial charge in [-0.2, -0.15) is 0 Å². The van der Waals surface area contributed by atoms with E-state index in [9.17, 15) is 14.4 Å². The number of hydrogen-bond donors (Lipinski definition) is 1. The van der Waals surface area contributed by atoms with Gasteiger partial charge >= 0.3 is 5.97 Å². The molecule has 7 nitrogen and oxygen atoms in total. The van der Waals surface area contributed by atoms with Crippen molar-refractivity contribution in [2.24, 2.45) is 0 Å². The van der Waals surface area contributed by atoms with Crippen LogP contribution in [-0.4, -0.2) is 24.4 Å². The molecular formula is C25H18Cl2N2O5. The number of halogens is 2. The van der Waals surface area contributed by atoms with Gasteiger partial charge in [0.2, 0.25) is 0 Å². The Morgan fingerprint density at radius 2 is 1.62 bits per heavy atom. The fraction of sp³-hybridized carbons (Fsp3) is 0.0800. The molecule has 0 aromatic heterocycles. The topological polar surface area (TPSA) is 84.9 Å². The third-order valence-corrected chi connectivity index (χ3v) is 5.42. The molecule has 3 aromatic rings. The second-order valence-corrected chi connectivity index (χ2v) is 7.93. The summed E-state index contributed by atoms with van der Waals surface area (Å²) in [5.74, 6) is -0.860. The van der Waals surface area contributed by atoms with Crippen molar-refractivity contribution in [1.29, 1.82) is 0 Å². The molecule has 0 saturated heterocycles. The normalized spacial score (nSPS) is 13.3. The van der Waals surface area contributed by atoms with Gasteiger partial charge in [-0.3, -0.25) is 9.59 Å². The Morgan fingerprint density at radius 3 is 2.26 bits per heavy atom. The van der Waals surface area contributed by atoms with Crippen molar-refractivity contribution in [1.82, 2.24) is 0 Å². The first-order valence-electron chi connectivity index (χ1n) is 10.2. The van der Waals surface area contributed by atoms with Crippen LogP contribution in [0.15, 0.2) is 83.5 Å². The van der Waals surface area contributed by atoms with Gasteiger partial charge in [-0.25, -0.2) is 9.69 Å². The lowest BCUT2D eigenvalue weighted by Crippen LogP contribution is -2.32. The second kappa shape index (κ2) is 9.99. The number of carbonyl (C=O) groups excluding carboxylic acids is 3. The number of benzene rings is 3. The fourth-order valence-electron chi connectivity index (χ4n) is 3.23. The first-order valence-corrected chi connectivity index (χ1v) is 11.0. The van der Waals surface area contributed by atoms with Gasteiger partial charge in [0.05, 0.1) is 17.9 Å². The molecule has 9 heteroatoms. The lowest BCUT2D eigenvalue weighted by atomic mass is 10.2. The Morgan fingerprint density at radius 1 is 0.912 bits per heavy atom. The van der Waals surface area contributed by atoms with Crippen molar-refractivity contribution < 1.29 is 23.9 Å². The van der Waals surface area contributed by atoms with Gasteiger partial charge in [0.1, 0.15) is 22.2 Å². The van der Waals surface area contributed by atoms with Gasteiger partial charge in [-0.15, -0.1) is 0 Å². The average molecular weight is 497 g/mol. The van der Waals surface area contributed by atoms with E-state index in [2.05, 4.69) is 5.32 Å². The Hall–Kier alpha value is -3.81. The van der Waals surface area contributed by atoms with E-state index in [1.165, 1.54) is 18.2 Å². The lowest BCUT2D eigenvalue weighted by Gasteiger charge is -2.15. The number of imide groups is 1. The zero-order valence-corrected chi connectivity index (χ0v) is 19.4. The molecule has 0 spiro atoms. The molecule has 0 aliphatic carbocycles. The third-order valence-electron chi connectivity index (χ3n) is 4.83. The van der Waals surface area contributed by atoms with E-state index in [0.717, 1.165) is 4.90 Å². The number of rotatable bonds is 7. The summed E-state index contributed by atoms with van der Waals surface area (Å²) in [6, 6.07) is 19.2. The zero-order chi connectivity index (χ0) is 24.2. The van der Waals surface area contributed by atoms with Crippen molar-refractivity contribution in [3.8, 4) is 11.5 Å². The molecule has 0 unspecified atom stereocenters. The van der Waals surface area contributed by atoms with Crippen LogP contribution in [0.1, 0.15) is 17.3 Å². The molecule has 3 aromatic carbocycles. The van der Waals surface area contributed by atoms with Crippen LogP contribution in [-0.2, 0) is 9.59 Å². The molecule has 34 heavy (non-hydrogen) atoms. The van der Waals surface area contributed by atoms with Crippen molar-refractivity contribution >= 4 is 52.4 Å². The van der Waals surface area contributed by atoms with Crippen molar-refractivity contribution in [3.63, 3.8) is 0 Å². The monoisotopic (exact) mass is 496 g/mol. The highest BCUT2D eigenvalue weighted by atomic mass is 35.5. The van der Waals surface area contributed by atoms with Gasteiger partial charge in [0.25, 0.3) is 11.8 Å². The van der Waals surface area contributed by atoms with Crippen LogP contribution >= 0.6 is 23.2 Å². The molecule has 1 N–H and O–H groups in total. The smallest absolute Gasteiger partial charge is 0.343 e. The van der Waals surface area contributed by atoms with Crippen LogP contribution in [0, 0.1) is 0 Å². The maximum absolute atomic E-state index is 12.9. The number of amides is 2. The SMILES string of the molecule is CCOc1ccc(N2C(=O)C(Cl)=C(Nc3ccc(C(=O)Oc4cccc(Cl)c4)cc3)C2=O)cc1. The summed E-state index contributed by atoms with van der Waals surface area (Å²) in [5.41, 5.74) is 1.06. The summed E-state index contributed by atoms with van der Waals surface area (Å²) < 4.78 is 10.7. The van der Waals surface area contributed by atoms with E-state index >= 15 is 0 Å². The number of carbonyl (C=O) groups is 3. The Kier molecular flexibility index (Phi) is 6.86.